The average molecular weight is 237 g/mol. The van der Waals surface area contributed by atoms with Gasteiger partial charge in [0.15, 0.2) is 0 Å². The summed E-state index contributed by atoms with van der Waals surface area (Å²) in [5.41, 5.74) is 0.419. The van der Waals surface area contributed by atoms with Crippen molar-refractivity contribution in [2.45, 2.75) is 37.2 Å². The van der Waals surface area contributed by atoms with Crippen molar-refractivity contribution in [2.75, 3.05) is 0 Å². The predicted molar refractivity (Wildman–Crippen MR) is 61.0 cm³/mol. The number of pyridine rings is 1. The topological polar surface area (TPSA) is 56.9 Å². The molecule has 1 saturated carbocycles. The smallest absolute Gasteiger partial charge is 0.129 e. The summed E-state index contributed by atoms with van der Waals surface area (Å²) in [5.74, 6) is 0. The van der Waals surface area contributed by atoms with E-state index in [0.717, 1.165) is 5.56 Å². The van der Waals surface area contributed by atoms with Crippen LogP contribution in [-0.2, 0) is 5.41 Å². The van der Waals surface area contributed by atoms with Gasteiger partial charge in [-0.25, -0.2) is 4.98 Å². The summed E-state index contributed by atoms with van der Waals surface area (Å²) in [6.45, 7) is 0. The summed E-state index contributed by atoms with van der Waals surface area (Å²) in [6, 6.07) is 5.95. The Balaban J connectivity index is 2.29. The van der Waals surface area contributed by atoms with E-state index < -0.39 is 5.41 Å². The van der Waals surface area contributed by atoms with E-state index in [-0.39, 0.29) is 6.10 Å². The Labute approximate surface area is 99.7 Å². The normalized spacial score (nSPS) is 29.7. The molecule has 0 unspecified atom stereocenters. The first kappa shape index (κ1) is 11.4. The van der Waals surface area contributed by atoms with Crippen molar-refractivity contribution in [3.63, 3.8) is 0 Å². The molecule has 0 spiro atoms. The lowest BCUT2D eigenvalue weighted by atomic mass is 9.70. The number of aliphatic hydroxyl groups excluding tert-OH is 1. The summed E-state index contributed by atoms with van der Waals surface area (Å²) < 4.78 is 0. The third-order valence-electron chi connectivity index (χ3n) is 3.30. The molecule has 1 aromatic heterocycles. The zero-order valence-corrected chi connectivity index (χ0v) is 9.61. The molecular formula is C12H13ClN2O. The van der Waals surface area contributed by atoms with Crippen molar-refractivity contribution < 1.29 is 5.11 Å². The maximum absolute atomic E-state index is 9.48. The molecule has 1 aliphatic rings. The van der Waals surface area contributed by atoms with Crippen LogP contribution < -0.4 is 0 Å². The zero-order valence-electron chi connectivity index (χ0n) is 8.86. The summed E-state index contributed by atoms with van der Waals surface area (Å²) >= 11 is 5.73. The molecule has 0 saturated heterocycles. The minimum absolute atomic E-state index is 0.262. The van der Waals surface area contributed by atoms with Crippen LogP contribution in [-0.4, -0.2) is 16.2 Å². The minimum atomic E-state index is -0.489. The van der Waals surface area contributed by atoms with Gasteiger partial charge < -0.3 is 5.11 Å². The van der Waals surface area contributed by atoms with Crippen molar-refractivity contribution >= 4 is 11.6 Å². The molecule has 0 atom stereocenters. The van der Waals surface area contributed by atoms with Gasteiger partial charge in [-0.2, -0.15) is 5.26 Å². The second-order valence-corrected chi connectivity index (χ2v) is 4.68. The van der Waals surface area contributed by atoms with Crippen LogP contribution in [0.3, 0.4) is 0 Å². The van der Waals surface area contributed by atoms with Crippen LogP contribution in [0.1, 0.15) is 31.2 Å². The third kappa shape index (κ3) is 2.04. The molecular weight excluding hydrogens is 224 g/mol. The van der Waals surface area contributed by atoms with Crippen LogP contribution in [0.15, 0.2) is 18.3 Å². The van der Waals surface area contributed by atoms with E-state index in [0.29, 0.717) is 30.8 Å². The molecule has 1 heterocycles. The van der Waals surface area contributed by atoms with Crippen molar-refractivity contribution in [3.05, 3.63) is 29.0 Å². The van der Waals surface area contributed by atoms with Crippen LogP contribution in [0, 0.1) is 11.3 Å². The quantitative estimate of drug-likeness (QED) is 0.762. The Bertz CT molecular complexity index is 402. The van der Waals surface area contributed by atoms with E-state index in [1.807, 2.05) is 6.07 Å². The number of rotatable bonds is 1. The number of aliphatic hydroxyl groups is 1. The highest BCUT2D eigenvalue weighted by Crippen LogP contribution is 2.38. The molecule has 84 valence electrons. The van der Waals surface area contributed by atoms with Crippen molar-refractivity contribution in [1.82, 2.24) is 4.98 Å². The Kier molecular flexibility index (Phi) is 3.13. The predicted octanol–water partition coefficient (Wildman–Crippen LogP) is 2.43. The second-order valence-electron chi connectivity index (χ2n) is 4.29. The maximum atomic E-state index is 9.48. The first-order chi connectivity index (χ1) is 7.66. The number of aromatic nitrogens is 1. The molecule has 0 aliphatic heterocycles. The van der Waals surface area contributed by atoms with Crippen molar-refractivity contribution in [3.8, 4) is 6.07 Å². The van der Waals surface area contributed by atoms with Gasteiger partial charge in [0.25, 0.3) is 0 Å². The molecule has 0 bridgehead atoms. The highest BCUT2D eigenvalue weighted by Gasteiger charge is 2.36. The molecule has 2 rings (SSSR count). The molecule has 0 amide bonds. The lowest BCUT2D eigenvalue weighted by Gasteiger charge is -2.33. The fraction of sp³-hybridized carbons (Fsp3) is 0.500. The largest absolute Gasteiger partial charge is 0.393 e. The third-order valence-corrected chi connectivity index (χ3v) is 3.53. The van der Waals surface area contributed by atoms with Crippen LogP contribution in [0.2, 0.25) is 5.15 Å². The molecule has 1 fully saturated rings. The first-order valence-corrected chi connectivity index (χ1v) is 5.75. The highest BCUT2D eigenvalue weighted by molar-refractivity contribution is 6.29. The SMILES string of the molecule is N#CC1(c2ccc(Cl)nc2)CCC(O)CC1. The van der Waals surface area contributed by atoms with E-state index >= 15 is 0 Å². The van der Waals surface area contributed by atoms with Gasteiger partial charge in [0, 0.05) is 6.20 Å². The molecule has 16 heavy (non-hydrogen) atoms. The summed E-state index contributed by atoms with van der Waals surface area (Å²) in [4.78, 5) is 4.02. The van der Waals surface area contributed by atoms with Crippen molar-refractivity contribution in [1.29, 1.82) is 5.26 Å². The zero-order chi connectivity index (χ0) is 11.6. The Hall–Kier alpha value is -1.11. The van der Waals surface area contributed by atoms with Gasteiger partial charge in [0.1, 0.15) is 5.15 Å². The van der Waals surface area contributed by atoms with E-state index in [9.17, 15) is 10.4 Å². The van der Waals surface area contributed by atoms with Gasteiger partial charge in [0.05, 0.1) is 17.6 Å². The lowest BCUT2D eigenvalue weighted by molar-refractivity contribution is 0.109. The van der Waals surface area contributed by atoms with Gasteiger partial charge >= 0.3 is 0 Å². The van der Waals surface area contributed by atoms with Crippen LogP contribution in [0.25, 0.3) is 0 Å². The molecule has 1 aromatic rings. The second kappa shape index (κ2) is 4.40. The molecule has 1 N–H and O–H groups in total. The molecule has 0 aromatic carbocycles. The van der Waals surface area contributed by atoms with Gasteiger partial charge in [-0.3, -0.25) is 0 Å². The van der Waals surface area contributed by atoms with E-state index in [1.54, 1.807) is 12.3 Å². The fourth-order valence-corrected chi connectivity index (χ4v) is 2.33. The Morgan fingerprint density at radius 2 is 2.12 bits per heavy atom. The van der Waals surface area contributed by atoms with Crippen LogP contribution in [0.4, 0.5) is 0 Å². The summed E-state index contributed by atoms with van der Waals surface area (Å²) in [6.07, 6.45) is 4.14. The molecule has 4 heteroatoms. The highest BCUT2D eigenvalue weighted by atomic mass is 35.5. The fourth-order valence-electron chi connectivity index (χ4n) is 2.22. The maximum Gasteiger partial charge on any atom is 0.129 e. The van der Waals surface area contributed by atoms with Gasteiger partial charge in [0.2, 0.25) is 0 Å². The van der Waals surface area contributed by atoms with Crippen LogP contribution >= 0.6 is 11.6 Å². The molecule has 3 nitrogen and oxygen atoms in total. The van der Waals surface area contributed by atoms with Gasteiger partial charge in [-0.05, 0) is 37.3 Å². The standard InChI is InChI=1S/C12H13ClN2O/c13-11-2-1-9(7-15-11)12(8-14)5-3-10(16)4-6-12/h1-2,7,10,16H,3-6H2. The van der Waals surface area contributed by atoms with E-state index in [2.05, 4.69) is 11.1 Å². The van der Waals surface area contributed by atoms with Gasteiger partial charge in [-0.1, -0.05) is 17.7 Å². The van der Waals surface area contributed by atoms with E-state index in [4.69, 9.17) is 11.6 Å². The lowest BCUT2D eigenvalue weighted by Crippen LogP contribution is -2.32. The van der Waals surface area contributed by atoms with E-state index in [1.165, 1.54) is 0 Å². The molecule has 1 aliphatic carbocycles. The Morgan fingerprint density at radius 3 is 2.62 bits per heavy atom. The summed E-state index contributed by atoms with van der Waals surface area (Å²) in [7, 11) is 0. The summed E-state index contributed by atoms with van der Waals surface area (Å²) in [5, 5.41) is 19.3. The van der Waals surface area contributed by atoms with Crippen LogP contribution in [0.5, 0.6) is 0 Å². The number of hydrogen-bond donors (Lipinski definition) is 1. The number of nitrogens with zero attached hydrogens (tertiary/aromatic N) is 2. The monoisotopic (exact) mass is 236 g/mol. The Morgan fingerprint density at radius 1 is 1.44 bits per heavy atom. The average Bonchev–Trinajstić information content (AvgIpc) is 2.32. The van der Waals surface area contributed by atoms with Gasteiger partial charge in [-0.15, -0.1) is 0 Å². The first-order valence-electron chi connectivity index (χ1n) is 5.38. The van der Waals surface area contributed by atoms with Crippen molar-refractivity contribution in [2.24, 2.45) is 0 Å². The molecule has 0 radical (unpaired) electrons. The minimum Gasteiger partial charge on any atom is -0.393 e. The number of halogens is 1. The number of nitriles is 1. The number of hydrogen-bond acceptors (Lipinski definition) is 3.